The second kappa shape index (κ2) is 10.4. The summed E-state index contributed by atoms with van der Waals surface area (Å²) in [5, 5.41) is 5.21. The van der Waals surface area contributed by atoms with E-state index in [-0.39, 0.29) is 10.8 Å². The molecule has 0 radical (unpaired) electrons. The molecule has 3 aromatic rings. The van der Waals surface area contributed by atoms with E-state index in [4.69, 9.17) is 4.74 Å². The molecule has 3 rings (SSSR count). The van der Waals surface area contributed by atoms with Crippen LogP contribution in [0.1, 0.15) is 21.5 Å². The predicted molar refractivity (Wildman–Crippen MR) is 132 cm³/mol. The number of ether oxygens (including phenoxy) is 1. The predicted octanol–water partition coefficient (Wildman–Crippen LogP) is 3.51. The molecule has 0 saturated heterocycles. The monoisotopic (exact) mass is 481 g/mol. The minimum Gasteiger partial charge on any atom is -0.497 e. The summed E-state index contributed by atoms with van der Waals surface area (Å²) in [5.74, 6) is -0.296. The number of nitrogens with one attached hydrogen (secondary N) is 2. The maximum atomic E-state index is 13.7. The van der Waals surface area contributed by atoms with Gasteiger partial charge in [-0.05, 0) is 73.5 Å². The molecule has 0 spiro atoms. The number of carbonyl (C=O) groups excluding carboxylic acids is 2. The molecule has 178 valence electrons. The van der Waals surface area contributed by atoms with E-state index in [1.54, 1.807) is 61.5 Å². The first-order valence-electron chi connectivity index (χ1n) is 10.5. The lowest BCUT2D eigenvalue weighted by atomic mass is 10.2. The largest absolute Gasteiger partial charge is 0.497 e. The summed E-state index contributed by atoms with van der Waals surface area (Å²) in [4.78, 5) is 25.0. The number of benzene rings is 3. The van der Waals surface area contributed by atoms with Gasteiger partial charge < -0.3 is 15.4 Å². The van der Waals surface area contributed by atoms with Gasteiger partial charge >= 0.3 is 0 Å². The van der Waals surface area contributed by atoms with Gasteiger partial charge in [0.25, 0.3) is 15.9 Å². The van der Waals surface area contributed by atoms with E-state index < -0.39 is 22.5 Å². The summed E-state index contributed by atoms with van der Waals surface area (Å²) in [7, 11) is -1.05. The van der Waals surface area contributed by atoms with Crippen LogP contribution in [0.25, 0.3) is 0 Å². The number of aryl methyl sites for hydroxylation is 2. The van der Waals surface area contributed by atoms with Crippen LogP contribution in [0.2, 0.25) is 0 Å². The Balaban J connectivity index is 1.96. The van der Waals surface area contributed by atoms with Gasteiger partial charge in [0.1, 0.15) is 12.3 Å². The molecular formula is C25H27N3O5S. The molecule has 0 unspecified atom stereocenters. The van der Waals surface area contributed by atoms with E-state index in [2.05, 4.69) is 10.6 Å². The summed E-state index contributed by atoms with van der Waals surface area (Å²) in [6.45, 7) is 3.05. The number of methoxy groups -OCH3 is 1. The minimum atomic E-state index is -4.07. The van der Waals surface area contributed by atoms with Crippen molar-refractivity contribution < 1.29 is 22.7 Å². The van der Waals surface area contributed by atoms with E-state index in [1.165, 1.54) is 20.2 Å². The van der Waals surface area contributed by atoms with Gasteiger partial charge in [-0.2, -0.15) is 0 Å². The van der Waals surface area contributed by atoms with E-state index in [0.29, 0.717) is 28.3 Å². The summed E-state index contributed by atoms with van der Waals surface area (Å²) >= 11 is 0. The molecule has 0 saturated carbocycles. The molecule has 0 aromatic heterocycles. The fourth-order valence-electron chi connectivity index (χ4n) is 3.38. The number of amides is 2. The van der Waals surface area contributed by atoms with Gasteiger partial charge in [0.2, 0.25) is 5.91 Å². The lowest BCUT2D eigenvalue weighted by Gasteiger charge is -2.25. The number of sulfonamides is 1. The molecule has 0 aliphatic heterocycles. The van der Waals surface area contributed by atoms with Crippen LogP contribution < -0.4 is 19.7 Å². The molecule has 0 atom stereocenters. The van der Waals surface area contributed by atoms with Gasteiger partial charge in [-0.1, -0.05) is 18.2 Å². The maximum Gasteiger partial charge on any atom is 0.265 e. The van der Waals surface area contributed by atoms with E-state index in [0.717, 1.165) is 9.87 Å². The van der Waals surface area contributed by atoms with E-state index in [9.17, 15) is 18.0 Å². The van der Waals surface area contributed by atoms with Crippen molar-refractivity contribution in [3.05, 3.63) is 83.4 Å². The molecule has 0 aliphatic rings. The summed E-state index contributed by atoms with van der Waals surface area (Å²) in [5.41, 5.74) is 2.42. The highest BCUT2D eigenvalue weighted by Gasteiger charge is 2.29. The Morgan fingerprint density at radius 1 is 0.971 bits per heavy atom. The molecule has 0 aliphatic carbocycles. The highest BCUT2D eigenvalue weighted by atomic mass is 32.2. The van der Waals surface area contributed by atoms with Crippen LogP contribution in [0.5, 0.6) is 5.75 Å². The van der Waals surface area contributed by atoms with Crippen LogP contribution in [0.3, 0.4) is 0 Å². The Hall–Kier alpha value is -3.85. The standard InChI is InChI=1S/C25H27N3O5S/c1-17-8-9-18(2)23(14-17)34(31,32)28(21-10-12-22(33-4)13-11-21)16-24(29)27-20-7-5-6-19(15-20)25(30)26-3/h5-15H,16H2,1-4H3,(H,26,30)(H,27,29). The number of rotatable bonds is 8. The fraction of sp³-hybridized carbons (Fsp3) is 0.200. The van der Waals surface area contributed by atoms with Crippen LogP contribution in [-0.4, -0.2) is 40.9 Å². The average molecular weight is 482 g/mol. The highest BCUT2D eigenvalue weighted by molar-refractivity contribution is 7.93. The maximum absolute atomic E-state index is 13.7. The SMILES string of the molecule is CNC(=O)c1cccc(NC(=O)CN(c2ccc(OC)cc2)S(=O)(=O)c2cc(C)ccc2C)c1. The molecule has 3 aromatic carbocycles. The Morgan fingerprint density at radius 2 is 1.68 bits per heavy atom. The number of carbonyl (C=O) groups is 2. The van der Waals surface area contributed by atoms with Crippen LogP contribution in [-0.2, 0) is 14.8 Å². The van der Waals surface area contributed by atoms with Gasteiger partial charge in [-0.25, -0.2) is 8.42 Å². The fourth-order valence-corrected chi connectivity index (χ4v) is 5.11. The zero-order valence-electron chi connectivity index (χ0n) is 19.5. The molecule has 8 nitrogen and oxygen atoms in total. The first kappa shape index (κ1) is 24.8. The van der Waals surface area contributed by atoms with Gasteiger partial charge in [0.15, 0.2) is 0 Å². The second-order valence-electron chi connectivity index (χ2n) is 7.69. The first-order valence-corrected chi connectivity index (χ1v) is 12.0. The number of nitrogens with zero attached hydrogens (tertiary/aromatic N) is 1. The number of hydrogen-bond acceptors (Lipinski definition) is 5. The Labute approximate surface area is 199 Å². The quantitative estimate of drug-likeness (QED) is 0.512. The third-order valence-electron chi connectivity index (χ3n) is 5.19. The zero-order valence-corrected chi connectivity index (χ0v) is 20.3. The third kappa shape index (κ3) is 5.55. The number of hydrogen-bond donors (Lipinski definition) is 2. The lowest BCUT2D eigenvalue weighted by molar-refractivity contribution is -0.114. The third-order valence-corrected chi connectivity index (χ3v) is 7.11. The van der Waals surface area contributed by atoms with Crippen LogP contribution in [0, 0.1) is 13.8 Å². The highest BCUT2D eigenvalue weighted by Crippen LogP contribution is 2.28. The van der Waals surface area contributed by atoms with Gasteiger partial charge in [0.05, 0.1) is 17.7 Å². The van der Waals surface area contributed by atoms with Gasteiger partial charge in [-0.15, -0.1) is 0 Å². The van der Waals surface area contributed by atoms with Crippen molar-refractivity contribution in [2.75, 3.05) is 30.3 Å². The Kier molecular flexibility index (Phi) is 7.57. The van der Waals surface area contributed by atoms with Gasteiger partial charge in [0, 0.05) is 18.3 Å². The van der Waals surface area contributed by atoms with Crippen molar-refractivity contribution >= 4 is 33.2 Å². The number of anilines is 2. The first-order chi connectivity index (χ1) is 16.1. The molecule has 2 N–H and O–H groups in total. The van der Waals surface area contributed by atoms with Crippen LogP contribution in [0.4, 0.5) is 11.4 Å². The zero-order chi connectivity index (χ0) is 24.9. The van der Waals surface area contributed by atoms with E-state index >= 15 is 0 Å². The Bertz CT molecular complexity index is 1300. The summed E-state index contributed by atoms with van der Waals surface area (Å²) < 4.78 is 33.6. The summed E-state index contributed by atoms with van der Waals surface area (Å²) in [6.07, 6.45) is 0. The van der Waals surface area contributed by atoms with Crippen molar-refractivity contribution in [3.63, 3.8) is 0 Å². The minimum absolute atomic E-state index is 0.123. The molecule has 0 fully saturated rings. The smallest absolute Gasteiger partial charge is 0.265 e. The molecule has 34 heavy (non-hydrogen) atoms. The van der Waals surface area contributed by atoms with Crippen molar-refractivity contribution in [1.82, 2.24) is 5.32 Å². The van der Waals surface area contributed by atoms with Crippen molar-refractivity contribution in [2.24, 2.45) is 0 Å². The van der Waals surface area contributed by atoms with Crippen LogP contribution in [0.15, 0.2) is 71.6 Å². The average Bonchev–Trinajstić information content (AvgIpc) is 2.83. The van der Waals surface area contributed by atoms with Gasteiger partial charge in [-0.3, -0.25) is 13.9 Å². The van der Waals surface area contributed by atoms with Crippen molar-refractivity contribution in [2.45, 2.75) is 18.7 Å². The van der Waals surface area contributed by atoms with Crippen LogP contribution >= 0.6 is 0 Å². The Morgan fingerprint density at radius 3 is 2.32 bits per heavy atom. The molecule has 2 amide bonds. The topological polar surface area (TPSA) is 105 Å². The summed E-state index contributed by atoms with van der Waals surface area (Å²) in [6, 6.07) is 18.0. The van der Waals surface area contributed by atoms with Crippen molar-refractivity contribution in [3.8, 4) is 5.75 Å². The normalized spacial score (nSPS) is 10.9. The molecule has 0 bridgehead atoms. The second-order valence-corrected chi connectivity index (χ2v) is 9.52. The molecular weight excluding hydrogens is 454 g/mol. The molecule has 9 heteroatoms. The molecule has 0 heterocycles. The lowest BCUT2D eigenvalue weighted by Crippen LogP contribution is -2.38. The van der Waals surface area contributed by atoms with E-state index in [1.807, 2.05) is 13.0 Å². The van der Waals surface area contributed by atoms with Crippen molar-refractivity contribution in [1.29, 1.82) is 0 Å².